The van der Waals surface area contributed by atoms with E-state index in [0.717, 1.165) is 18.9 Å². The van der Waals surface area contributed by atoms with Gasteiger partial charge in [-0.2, -0.15) is 0 Å². The molecule has 1 aromatic heterocycles. The third kappa shape index (κ3) is 4.49. The van der Waals surface area contributed by atoms with Gasteiger partial charge in [0, 0.05) is 31.4 Å². The van der Waals surface area contributed by atoms with Crippen LogP contribution in [-0.4, -0.2) is 23.6 Å². The summed E-state index contributed by atoms with van der Waals surface area (Å²) >= 11 is 0. The molecule has 0 fully saturated rings. The molecule has 0 aliphatic rings. The summed E-state index contributed by atoms with van der Waals surface area (Å²) in [5.74, 6) is 1.01. The van der Waals surface area contributed by atoms with E-state index in [1.807, 2.05) is 12.3 Å². The molecule has 0 atom stereocenters. The molecule has 3 nitrogen and oxygen atoms in total. The van der Waals surface area contributed by atoms with Crippen molar-refractivity contribution in [3.05, 3.63) is 36.5 Å². The topological polar surface area (TPSA) is 28.2 Å². The van der Waals surface area contributed by atoms with Crippen molar-refractivity contribution in [1.82, 2.24) is 10.3 Å². The monoisotopic (exact) mass is 247 g/mol. The molecule has 18 heavy (non-hydrogen) atoms. The molecule has 1 N–H and O–H groups in total. The average Bonchev–Trinajstić information content (AvgIpc) is 2.34. The lowest BCUT2D eigenvalue weighted by atomic mass is 10.2. The standard InChI is InChI=1S/C15H25N3/c1-6-9-18(13(4)5)15-8-7-14(11-17-15)10-16-12(2)3/h6-8,11-13,16H,1,9-10H2,2-5H3. The van der Waals surface area contributed by atoms with Crippen LogP contribution in [0.4, 0.5) is 5.82 Å². The lowest BCUT2D eigenvalue weighted by molar-refractivity contribution is 0.587. The largest absolute Gasteiger partial charge is 0.350 e. The quantitative estimate of drug-likeness (QED) is 0.751. The normalized spacial score (nSPS) is 11.0. The van der Waals surface area contributed by atoms with Gasteiger partial charge in [0.15, 0.2) is 0 Å². The summed E-state index contributed by atoms with van der Waals surface area (Å²) in [6.07, 6.45) is 3.86. The Morgan fingerprint density at radius 3 is 2.50 bits per heavy atom. The first-order valence-electron chi connectivity index (χ1n) is 6.60. The summed E-state index contributed by atoms with van der Waals surface area (Å²) in [6, 6.07) is 5.14. The van der Waals surface area contributed by atoms with Crippen LogP contribution in [-0.2, 0) is 6.54 Å². The summed E-state index contributed by atoms with van der Waals surface area (Å²) in [6.45, 7) is 14.1. The lowest BCUT2D eigenvalue weighted by Crippen LogP contribution is -2.31. The Morgan fingerprint density at radius 1 is 1.33 bits per heavy atom. The maximum Gasteiger partial charge on any atom is 0.128 e. The molecule has 0 aliphatic carbocycles. The maximum absolute atomic E-state index is 4.53. The zero-order chi connectivity index (χ0) is 13.5. The molecule has 100 valence electrons. The van der Waals surface area contributed by atoms with Crippen LogP contribution in [0, 0.1) is 0 Å². The van der Waals surface area contributed by atoms with Crippen LogP contribution in [0.5, 0.6) is 0 Å². The molecule has 0 radical (unpaired) electrons. The molecular formula is C15H25N3. The van der Waals surface area contributed by atoms with Crippen LogP contribution in [0.15, 0.2) is 31.0 Å². The minimum Gasteiger partial charge on any atom is -0.350 e. The van der Waals surface area contributed by atoms with E-state index in [4.69, 9.17) is 0 Å². The second kappa shape index (κ2) is 7.17. The zero-order valence-electron chi connectivity index (χ0n) is 12.0. The molecule has 1 heterocycles. The van der Waals surface area contributed by atoms with Crippen molar-refractivity contribution in [2.45, 2.75) is 46.3 Å². The molecule has 3 heteroatoms. The summed E-state index contributed by atoms with van der Waals surface area (Å²) in [5, 5.41) is 3.39. The van der Waals surface area contributed by atoms with Crippen LogP contribution in [0.25, 0.3) is 0 Å². The zero-order valence-corrected chi connectivity index (χ0v) is 12.0. The van der Waals surface area contributed by atoms with Crippen molar-refractivity contribution in [3.63, 3.8) is 0 Å². The highest BCUT2D eigenvalue weighted by Crippen LogP contribution is 2.14. The fourth-order valence-corrected chi connectivity index (χ4v) is 1.72. The van der Waals surface area contributed by atoms with Crippen LogP contribution in [0.1, 0.15) is 33.3 Å². The van der Waals surface area contributed by atoms with Gasteiger partial charge in [-0.15, -0.1) is 6.58 Å². The number of rotatable bonds is 7. The molecule has 1 rings (SSSR count). The van der Waals surface area contributed by atoms with Gasteiger partial charge in [0.1, 0.15) is 5.82 Å². The van der Waals surface area contributed by atoms with E-state index in [1.54, 1.807) is 0 Å². The van der Waals surface area contributed by atoms with Crippen molar-refractivity contribution in [2.24, 2.45) is 0 Å². The Balaban J connectivity index is 2.70. The Kier molecular flexibility index (Phi) is 5.86. The summed E-state index contributed by atoms with van der Waals surface area (Å²) in [5.41, 5.74) is 1.22. The molecule has 0 saturated carbocycles. The van der Waals surface area contributed by atoms with Gasteiger partial charge in [0.25, 0.3) is 0 Å². The van der Waals surface area contributed by atoms with E-state index in [1.165, 1.54) is 5.56 Å². The van der Waals surface area contributed by atoms with Crippen molar-refractivity contribution >= 4 is 5.82 Å². The highest BCUT2D eigenvalue weighted by Gasteiger charge is 2.09. The van der Waals surface area contributed by atoms with Crippen LogP contribution >= 0.6 is 0 Å². The second-order valence-corrected chi connectivity index (χ2v) is 5.10. The molecule has 0 aromatic carbocycles. The van der Waals surface area contributed by atoms with Crippen molar-refractivity contribution in [1.29, 1.82) is 0 Å². The molecule has 0 spiro atoms. The predicted molar refractivity (Wildman–Crippen MR) is 78.9 cm³/mol. The number of nitrogens with one attached hydrogen (secondary N) is 1. The average molecular weight is 247 g/mol. The Morgan fingerprint density at radius 2 is 2.06 bits per heavy atom. The van der Waals surface area contributed by atoms with Crippen molar-refractivity contribution in [3.8, 4) is 0 Å². The van der Waals surface area contributed by atoms with E-state index in [-0.39, 0.29) is 0 Å². The van der Waals surface area contributed by atoms with E-state index in [0.29, 0.717) is 12.1 Å². The van der Waals surface area contributed by atoms with Crippen molar-refractivity contribution < 1.29 is 0 Å². The van der Waals surface area contributed by atoms with Gasteiger partial charge in [-0.25, -0.2) is 4.98 Å². The van der Waals surface area contributed by atoms with E-state index in [9.17, 15) is 0 Å². The predicted octanol–water partition coefficient (Wildman–Crippen LogP) is 2.98. The molecular weight excluding hydrogens is 222 g/mol. The number of pyridine rings is 1. The van der Waals surface area contributed by atoms with Crippen LogP contribution < -0.4 is 10.2 Å². The lowest BCUT2D eigenvalue weighted by Gasteiger charge is -2.26. The van der Waals surface area contributed by atoms with Crippen LogP contribution in [0.3, 0.4) is 0 Å². The highest BCUT2D eigenvalue weighted by atomic mass is 15.2. The van der Waals surface area contributed by atoms with Crippen molar-refractivity contribution in [2.75, 3.05) is 11.4 Å². The summed E-state index contributed by atoms with van der Waals surface area (Å²) < 4.78 is 0. The fraction of sp³-hybridized carbons (Fsp3) is 0.533. The number of nitrogens with zero attached hydrogens (tertiary/aromatic N) is 2. The first-order valence-corrected chi connectivity index (χ1v) is 6.60. The first kappa shape index (κ1) is 14.7. The molecule has 0 bridgehead atoms. The highest BCUT2D eigenvalue weighted by molar-refractivity contribution is 5.41. The molecule has 0 aliphatic heterocycles. The van der Waals surface area contributed by atoms with Gasteiger partial charge in [-0.3, -0.25) is 0 Å². The smallest absolute Gasteiger partial charge is 0.128 e. The van der Waals surface area contributed by atoms with Gasteiger partial charge >= 0.3 is 0 Å². The Bertz CT molecular complexity index is 355. The first-order chi connectivity index (χ1) is 8.54. The number of hydrogen-bond acceptors (Lipinski definition) is 3. The minimum absolute atomic E-state index is 0.426. The van der Waals surface area contributed by atoms with E-state index < -0.39 is 0 Å². The molecule has 1 aromatic rings. The molecule has 0 unspecified atom stereocenters. The number of anilines is 1. The Hall–Kier alpha value is -1.35. The summed E-state index contributed by atoms with van der Waals surface area (Å²) in [4.78, 5) is 6.76. The second-order valence-electron chi connectivity index (χ2n) is 5.10. The molecule has 0 saturated heterocycles. The van der Waals surface area contributed by atoms with Gasteiger partial charge < -0.3 is 10.2 Å². The van der Waals surface area contributed by atoms with Gasteiger partial charge in [0.2, 0.25) is 0 Å². The Labute approximate surface area is 111 Å². The van der Waals surface area contributed by atoms with Gasteiger partial charge in [0.05, 0.1) is 0 Å². The van der Waals surface area contributed by atoms with Gasteiger partial charge in [-0.05, 0) is 25.5 Å². The fourth-order valence-electron chi connectivity index (χ4n) is 1.72. The SMILES string of the molecule is C=CCN(c1ccc(CNC(C)C)cn1)C(C)C. The number of aromatic nitrogens is 1. The van der Waals surface area contributed by atoms with E-state index >= 15 is 0 Å². The maximum atomic E-state index is 4.53. The third-order valence-corrected chi connectivity index (χ3v) is 2.77. The van der Waals surface area contributed by atoms with E-state index in [2.05, 4.69) is 61.6 Å². The minimum atomic E-state index is 0.426. The third-order valence-electron chi connectivity index (χ3n) is 2.77. The van der Waals surface area contributed by atoms with Crippen LogP contribution in [0.2, 0.25) is 0 Å². The number of hydrogen-bond donors (Lipinski definition) is 1. The summed E-state index contributed by atoms with van der Waals surface area (Å²) in [7, 11) is 0. The molecule has 0 amide bonds. The van der Waals surface area contributed by atoms with Gasteiger partial charge in [-0.1, -0.05) is 26.0 Å².